The van der Waals surface area contributed by atoms with E-state index in [1.54, 1.807) is 0 Å². The zero-order chi connectivity index (χ0) is 14.9. The second kappa shape index (κ2) is 5.81. The summed E-state index contributed by atoms with van der Waals surface area (Å²) in [6, 6.07) is 8.58. The molecule has 0 saturated heterocycles. The van der Waals surface area contributed by atoms with Crippen LogP contribution in [-0.4, -0.2) is 13.5 Å². The zero-order valence-corrected chi connectivity index (χ0v) is 13.7. The molecule has 4 nitrogen and oxygen atoms in total. The molecule has 0 fully saturated rings. The summed E-state index contributed by atoms with van der Waals surface area (Å²) in [5.74, 6) is -0.0572. The number of anilines is 1. The number of hydrogen-bond acceptors (Lipinski definition) is 3. The Balaban J connectivity index is 2.46. The predicted molar refractivity (Wildman–Crippen MR) is 83.1 cm³/mol. The van der Waals surface area contributed by atoms with Gasteiger partial charge < -0.3 is 5.11 Å². The summed E-state index contributed by atoms with van der Waals surface area (Å²) in [4.78, 5) is -0.215. The number of halogens is 3. The second-order valence-corrected chi connectivity index (χ2v) is 7.20. The fraction of sp³-hybridized carbons (Fsp3) is 0. The number of rotatable bonds is 3. The highest BCUT2D eigenvalue weighted by Gasteiger charge is 2.22. The van der Waals surface area contributed by atoms with Gasteiger partial charge in [0.1, 0.15) is 10.6 Å². The van der Waals surface area contributed by atoms with Crippen LogP contribution in [0.15, 0.2) is 45.8 Å². The molecule has 2 rings (SSSR count). The van der Waals surface area contributed by atoms with Crippen LogP contribution in [0.2, 0.25) is 10.0 Å². The Hall–Kier alpha value is -0.950. The molecule has 2 N–H and O–H groups in total. The van der Waals surface area contributed by atoms with Gasteiger partial charge in [0.15, 0.2) is 0 Å². The molecule has 20 heavy (non-hydrogen) atoms. The molecular weight excluding hydrogens is 389 g/mol. The molecule has 0 bridgehead atoms. The van der Waals surface area contributed by atoms with Crippen molar-refractivity contribution >= 4 is 54.8 Å². The third-order valence-electron chi connectivity index (χ3n) is 2.33. The first kappa shape index (κ1) is 15.4. The molecule has 2 aromatic rings. The first-order valence-electron chi connectivity index (χ1n) is 5.26. The third-order valence-corrected chi connectivity index (χ3v) is 5.09. The number of phenols is 1. The quantitative estimate of drug-likeness (QED) is 0.814. The van der Waals surface area contributed by atoms with Crippen LogP contribution in [0, 0.1) is 0 Å². The lowest BCUT2D eigenvalue weighted by atomic mass is 10.3. The maximum Gasteiger partial charge on any atom is 0.264 e. The highest BCUT2D eigenvalue weighted by molar-refractivity contribution is 9.10. The van der Waals surface area contributed by atoms with E-state index < -0.39 is 10.0 Å². The van der Waals surface area contributed by atoms with Gasteiger partial charge in [-0.2, -0.15) is 0 Å². The normalized spacial score (nSPS) is 11.3. The molecule has 106 valence electrons. The number of hydrogen-bond donors (Lipinski definition) is 2. The summed E-state index contributed by atoms with van der Waals surface area (Å²) in [6.07, 6.45) is 0. The Morgan fingerprint density at radius 1 is 1.10 bits per heavy atom. The fourth-order valence-corrected chi connectivity index (χ4v) is 4.55. The molecule has 0 aromatic heterocycles. The average molecular weight is 397 g/mol. The molecule has 0 aliphatic rings. The highest BCUT2D eigenvalue weighted by Crippen LogP contribution is 2.34. The molecule has 0 spiro atoms. The van der Waals surface area contributed by atoms with Gasteiger partial charge in [-0.1, -0.05) is 45.2 Å². The minimum absolute atomic E-state index is 0.00275. The topological polar surface area (TPSA) is 66.4 Å². The van der Waals surface area contributed by atoms with Gasteiger partial charge in [0, 0.05) is 10.5 Å². The molecule has 8 heteroatoms. The van der Waals surface area contributed by atoms with Crippen molar-refractivity contribution in [3.63, 3.8) is 0 Å². The standard InChI is InChI=1S/C12H8BrCl2NO3S/c13-7-4-10(14)12(11(15)5-7)20(18,19)16-8-2-1-3-9(17)6-8/h1-6,16-17H. The van der Waals surface area contributed by atoms with E-state index in [2.05, 4.69) is 20.7 Å². The summed E-state index contributed by atoms with van der Waals surface area (Å²) >= 11 is 15.0. The SMILES string of the molecule is O=S(=O)(Nc1cccc(O)c1)c1c(Cl)cc(Br)cc1Cl. The molecule has 0 amide bonds. The molecule has 0 atom stereocenters. The van der Waals surface area contributed by atoms with Crippen LogP contribution in [0.3, 0.4) is 0 Å². The minimum atomic E-state index is -3.95. The van der Waals surface area contributed by atoms with E-state index in [1.165, 1.54) is 36.4 Å². The van der Waals surface area contributed by atoms with Crippen LogP contribution in [-0.2, 0) is 10.0 Å². The van der Waals surface area contributed by atoms with Gasteiger partial charge in [-0.15, -0.1) is 0 Å². The summed E-state index contributed by atoms with van der Waals surface area (Å²) in [5.41, 5.74) is 0.208. The third kappa shape index (κ3) is 3.38. The van der Waals surface area contributed by atoms with Crippen molar-refractivity contribution in [1.29, 1.82) is 0 Å². The number of aromatic hydroxyl groups is 1. The molecule has 0 unspecified atom stereocenters. The molecule has 2 aromatic carbocycles. The van der Waals surface area contributed by atoms with E-state index in [4.69, 9.17) is 23.2 Å². The van der Waals surface area contributed by atoms with Crippen molar-refractivity contribution in [2.45, 2.75) is 4.90 Å². The smallest absolute Gasteiger partial charge is 0.264 e. The maximum absolute atomic E-state index is 12.3. The molecular formula is C12H8BrCl2NO3S. The van der Waals surface area contributed by atoms with Crippen LogP contribution in [0.1, 0.15) is 0 Å². The Kier molecular flexibility index (Phi) is 4.49. The second-order valence-electron chi connectivity index (χ2n) is 3.85. The van der Waals surface area contributed by atoms with Crippen molar-refractivity contribution < 1.29 is 13.5 Å². The van der Waals surface area contributed by atoms with E-state index in [0.29, 0.717) is 4.47 Å². The monoisotopic (exact) mass is 395 g/mol. The molecule has 0 heterocycles. The molecule has 0 aliphatic heterocycles. The Morgan fingerprint density at radius 3 is 2.25 bits per heavy atom. The van der Waals surface area contributed by atoms with E-state index in [-0.39, 0.29) is 26.4 Å². The number of phenolic OH excluding ortho intramolecular Hbond substituents is 1. The van der Waals surface area contributed by atoms with Crippen molar-refractivity contribution in [3.05, 3.63) is 50.9 Å². The number of nitrogens with one attached hydrogen (secondary N) is 1. The summed E-state index contributed by atoms with van der Waals surface area (Å²) in [5, 5.41) is 9.33. The highest BCUT2D eigenvalue weighted by atomic mass is 79.9. The Morgan fingerprint density at radius 2 is 1.70 bits per heavy atom. The Bertz CT molecular complexity index is 742. The van der Waals surface area contributed by atoms with Crippen LogP contribution < -0.4 is 4.72 Å². The van der Waals surface area contributed by atoms with Crippen molar-refractivity contribution in [2.24, 2.45) is 0 Å². The maximum atomic E-state index is 12.3. The largest absolute Gasteiger partial charge is 0.508 e. The van der Waals surface area contributed by atoms with Crippen molar-refractivity contribution in [3.8, 4) is 5.75 Å². The van der Waals surface area contributed by atoms with Crippen LogP contribution in [0.4, 0.5) is 5.69 Å². The lowest BCUT2D eigenvalue weighted by Gasteiger charge is -2.11. The first-order chi connectivity index (χ1) is 9.29. The summed E-state index contributed by atoms with van der Waals surface area (Å²) < 4.78 is 27.5. The summed E-state index contributed by atoms with van der Waals surface area (Å²) in [7, 11) is -3.95. The number of benzene rings is 2. The van der Waals surface area contributed by atoms with Gasteiger partial charge in [-0.05, 0) is 24.3 Å². The van der Waals surface area contributed by atoms with Gasteiger partial charge in [0.05, 0.1) is 15.7 Å². The van der Waals surface area contributed by atoms with Crippen molar-refractivity contribution in [1.82, 2.24) is 0 Å². The fourth-order valence-electron chi connectivity index (χ4n) is 1.56. The van der Waals surface area contributed by atoms with Gasteiger partial charge in [-0.25, -0.2) is 8.42 Å². The Labute approximate surface area is 134 Å². The van der Waals surface area contributed by atoms with Crippen LogP contribution in [0.25, 0.3) is 0 Å². The molecule has 0 saturated carbocycles. The lowest BCUT2D eigenvalue weighted by Crippen LogP contribution is -2.14. The van der Waals surface area contributed by atoms with Crippen molar-refractivity contribution in [2.75, 3.05) is 4.72 Å². The summed E-state index contributed by atoms with van der Waals surface area (Å²) in [6.45, 7) is 0. The molecule has 0 aliphatic carbocycles. The zero-order valence-electron chi connectivity index (χ0n) is 9.77. The van der Waals surface area contributed by atoms with Gasteiger partial charge in [0.25, 0.3) is 10.0 Å². The minimum Gasteiger partial charge on any atom is -0.508 e. The molecule has 0 radical (unpaired) electrons. The van der Waals surface area contributed by atoms with E-state index in [0.717, 1.165) is 0 Å². The predicted octanol–water partition coefficient (Wildman–Crippen LogP) is 4.26. The first-order valence-corrected chi connectivity index (χ1v) is 8.29. The van der Waals surface area contributed by atoms with Crippen LogP contribution >= 0.6 is 39.1 Å². The van der Waals surface area contributed by atoms with Gasteiger partial charge >= 0.3 is 0 Å². The van der Waals surface area contributed by atoms with E-state index >= 15 is 0 Å². The average Bonchev–Trinajstić information content (AvgIpc) is 2.25. The van der Waals surface area contributed by atoms with Gasteiger partial charge in [0.2, 0.25) is 0 Å². The van der Waals surface area contributed by atoms with Gasteiger partial charge in [-0.3, -0.25) is 4.72 Å². The van der Waals surface area contributed by atoms with E-state index in [1.807, 2.05) is 0 Å². The van der Waals surface area contributed by atoms with Crippen LogP contribution in [0.5, 0.6) is 5.75 Å². The van der Waals surface area contributed by atoms with E-state index in [9.17, 15) is 13.5 Å². The lowest BCUT2D eigenvalue weighted by molar-refractivity contribution is 0.475. The number of sulfonamides is 1.